The average molecular weight is 403 g/mol. The number of amides is 1. The molecule has 0 bridgehead atoms. The van der Waals surface area contributed by atoms with Crippen LogP contribution in [-0.4, -0.2) is 41.3 Å². The molecule has 7 heteroatoms. The van der Waals surface area contributed by atoms with E-state index in [4.69, 9.17) is 20.8 Å². The van der Waals surface area contributed by atoms with Crippen molar-refractivity contribution in [1.29, 1.82) is 0 Å². The number of morpholine rings is 1. The van der Waals surface area contributed by atoms with Gasteiger partial charge in [-0.05, 0) is 49.9 Å². The molecule has 140 valence electrons. The highest BCUT2D eigenvalue weighted by atomic mass is 35.5. The van der Waals surface area contributed by atoms with Crippen molar-refractivity contribution < 1.29 is 13.9 Å². The molecule has 2 unspecified atom stereocenters. The lowest BCUT2D eigenvalue weighted by atomic mass is 10.2. The number of ether oxygens (including phenoxy) is 1. The Morgan fingerprint density at radius 3 is 2.74 bits per heavy atom. The highest BCUT2D eigenvalue weighted by Crippen LogP contribution is 2.33. The second kappa shape index (κ2) is 7.54. The highest BCUT2D eigenvalue weighted by Gasteiger charge is 2.31. The van der Waals surface area contributed by atoms with E-state index in [0.29, 0.717) is 21.4 Å². The van der Waals surface area contributed by atoms with Gasteiger partial charge >= 0.3 is 0 Å². The van der Waals surface area contributed by atoms with Crippen LogP contribution in [0.4, 0.5) is 0 Å². The van der Waals surface area contributed by atoms with E-state index >= 15 is 0 Å². The first-order valence-electron chi connectivity index (χ1n) is 8.76. The van der Waals surface area contributed by atoms with Gasteiger partial charge < -0.3 is 14.1 Å². The van der Waals surface area contributed by atoms with Gasteiger partial charge in [0.1, 0.15) is 11.5 Å². The summed E-state index contributed by atoms with van der Waals surface area (Å²) in [5, 5.41) is 1.38. The molecule has 0 saturated carbocycles. The fourth-order valence-electron chi connectivity index (χ4n) is 3.22. The number of carbonyl (C=O) groups is 1. The van der Waals surface area contributed by atoms with E-state index in [-0.39, 0.29) is 18.1 Å². The van der Waals surface area contributed by atoms with Gasteiger partial charge in [-0.2, -0.15) is 4.99 Å². The molecular formula is C20H19ClN2O3S. The SMILES string of the molecule is CC1CN(C2=NC(=O)C(=Cc3ccc(-c4cccc(Cl)c4)o3)S2)CC(C)O1. The molecule has 2 aliphatic heterocycles. The maximum absolute atomic E-state index is 12.3. The third kappa shape index (κ3) is 4.13. The van der Waals surface area contributed by atoms with Crippen molar-refractivity contribution in [2.45, 2.75) is 26.1 Å². The minimum absolute atomic E-state index is 0.116. The summed E-state index contributed by atoms with van der Waals surface area (Å²) in [7, 11) is 0. The van der Waals surface area contributed by atoms with E-state index in [2.05, 4.69) is 9.89 Å². The van der Waals surface area contributed by atoms with E-state index in [1.54, 1.807) is 6.08 Å². The van der Waals surface area contributed by atoms with Gasteiger partial charge in [0.15, 0.2) is 5.17 Å². The Labute approximate surface area is 167 Å². The van der Waals surface area contributed by atoms with Gasteiger partial charge in [0.05, 0.1) is 17.1 Å². The predicted octanol–water partition coefficient (Wildman–Crippen LogP) is 4.68. The van der Waals surface area contributed by atoms with Crippen LogP contribution in [0.15, 0.2) is 50.7 Å². The highest BCUT2D eigenvalue weighted by molar-refractivity contribution is 8.18. The molecule has 2 aromatic rings. The minimum Gasteiger partial charge on any atom is -0.457 e. The van der Waals surface area contributed by atoms with E-state index < -0.39 is 0 Å². The van der Waals surface area contributed by atoms with Crippen LogP contribution in [0.25, 0.3) is 17.4 Å². The fourth-order valence-corrected chi connectivity index (χ4v) is 4.33. The van der Waals surface area contributed by atoms with Crippen LogP contribution < -0.4 is 0 Å². The maximum Gasteiger partial charge on any atom is 0.286 e. The maximum atomic E-state index is 12.3. The number of hydrogen-bond donors (Lipinski definition) is 0. The predicted molar refractivity (Wildman–Crippen MR) is 109 cm³/mol. The van der Waals surface area contributed by atoms with Crippen molar-refractivity contribution in [2.24, 2.45) is 4.99 Å². The minimum atomic E-state index is -0.234. The first-order valence-corrected chi connectivity index (χ1v) is 9.96. The van der Waals surface area contributed by atoms with Crippen LogP contribution in [0.5, 0.6) is 0 Å². The molecule has 5 nitrogen and oxygen atoms in total. The van der Waals surface area contributed by atoms with E-state index in [1.807, 2.05) is 50.2 Å². The largest absolute Gasteiger partial charge is 0.457 e. The summed E-state index contributed by atoms with van der Waals surface area (Å²) in [5.41, 5.74) is 0.894. The van der Waals surface area contributed by atoms with E-state index in [9.17, 15) is 4.79 Å². The summed E-state index contributed by atoms with van der Waals surface area (Å²) in [6.07, 6.45) is 1.97. The quantitative estimate of drug-likeness (QED) is 0.682. The van der Waals surface area contributed by atoms with Gasteiger partial charge in [-0.15, -0.1) is 0 Å². The molecule has 2 aliphatic rings. The van der Waals surface area contributed by atoms with Crippen molar-refractivity contribution >= 4 is 40.5 Å². The van der Waals surface area contributed by atoms with Crippen LogP contribution in [0.1, 0.15) is 19.6 Å². The molecule has 1 saturated heterocycles. The first-order chi connectivity index (χ1) is 13.0. The monoisotopic (exact) mass is 402 g/mol. The van der Waals surface area contributed by atoms with Crippen LogP contribution >= 0.6 is 23.4 Å². The Bertz CT molecular complexity index is 927. The lowest BCUT2D eigenvalue weighted by molar-refractivity contribution is -0.113. The van der Waals surface area contributed by atoms with Crippen molar-refractivity contribution in [1.82, 2.24) is 4.90 Å². The zero-order chi connectivity index (χ0) is 19.0. The van der Waals surface area contributed by atoms with Gasteiger partial charge in [0, 0.05) is 29.8 Å². The Morgan fingerprint density at radius 1 is 1.22 bits per heavy atom. The van der Waals surface area contributed by atoms with Crippen molar-refractivity contribution in [2.75, 3.05) is 13.1 Å². The average Bonchev–Trinajstić information content (AvgIpc) is 3.22. The number of aliphatic imine (C=N–C) groups is 1. The number of amidine groups is 1. The van der Waals surface area contributed by atoms with E-state index in [0.717, 1.165) is 23.8 Å². The standard InChI is InChI=1S/C20H19ClN2O3S/c1-12-10-23(11-13(2)25-12)20-22-19(24)18(27-20)9-16-6-7-17(26-16)14-4-3-5-15(21)8-14/h3-9,12-13H,10-11H2,1-2H3. The number of thioether (sulfide) groups is 1. The third-order valence-corrected chi connectivity index (χ3v) is 5.59. The van der Waals surface area contributed by atoms with Gasteiger partial charge in [-0.1, -0.05) is 23.7 Å². The lowest BCUT2D eigenvalue weighted by Gasteiger charge is -2.35. The molecule has 1 aromatic heterocycles. The summed E-state index contributed by atoms with van der Waals surface area (Å²) < 4.78 is 11.6. The molecule has 0 spiro atoms. The number of rotatable bonds is 2. The number of carbonyl (C=O) groups excluding carboxylic acids is 1. The molecule has 0 radical (unpaired) electrons. The Balaban J connectivity index is 1.50. The molecule has 3 heterocycles. The molecule has 27 heavy (non-hydrogen) atoms. The number of halogens is 1. The lowest BCUT2D eigenvalue weighted by Crippen LogP contribution is -2.47. The van der Waals surface area contributed by atoms with Crippen LogP contribution in [0.3, 0.4) is 0 Å². The summed E-state index contributed by atoms with van der Waals surface area (Å²) in [6, 6.07) is 11.2. The number of hydrogen-bond acceptors (Lipinski definition) is 5. The normalized spacial score (nSPS) is 24.6. The molecule has 0 aliphatic carbocycles. The second-order valence-corrected chi connectivity index (χ2v) is 8.13. The number of furan rings is 1. The molecule has 0 N–H and O–H groups in total. The zero-order valence-corrected chi connectivity index (χ0v) is 16.6. The molecular weight excluding hydrogens is 384 g/mol. The first kappa shape index (κ1) is 18.3. The van der Waals surface area contributed by atoms with Crippen LogP contribution in [0.2, 0.25) is 5.02 Å². The zero-order valence-electron chi connectivity index (χ0n) is 15.0. The van der Waals surface area contributed by atoms with E-state index in [1.165, 1.54) is 11.8 Å². The Morgan fingerprint density at radius 2 is 2.00 bits per heavy atom. The van der Waals surface area contributed by atoms with Crippen LogP contribution in [-0.2, 0) is 9.53 Å². The number of nitrogens with zero attached hydrogens (tertiary/aromatic N) is 2. The van der Waals surface area contributed by atoms with Gasteiger partial charge in [0.2, 0.25) is 0 Å². The summed E-state index contributed by atoms with van der Waals surface area (Å²) in [6.45, 7) is 5.52. The van der Waals surface area contributed by atoms with Crippen LogP contribution in [0, 0.1) is 0 Å². The van der Waals surface area contributed by atoms with Gasteiger partial charge in [-0.3, -0.25) is 4.79 Å². The molecule has 1 fully saturated rings. The number of benzene rings is 1. The molecule has 2 atom stereocenters. The van der Waals surface area contributed by atoms with Crippen molar-refractivity contribution in [3.05, 3.63) is 52.1 Å². The fraction of sp³-hybridized carbons (Fsp3) is 0.300. The summed E-state index contributed by atoms with van der Waals surface area (Å²) in [4.78, 5) is 19.2. The van der Waals surface area contributed by atoms with Gasteiger partial charge in [0.25, 0.3) is 5.91 Å². The molecule has 4 rings (SSSR count). The second-order valence-electron chi connectivity index (χ2n) is 6.68. The summed E-state index contributed by atoms with van der Waals surface area (Å²) >= 11 is 7.42. The van der Waals surface area contributed by atoms with Gasteiger partial charge in [-0.25, -0.2) is 0 Å². The Hall–Kier alpha value is -2.02. The van der Waals surface area contributed by atoms with Crippen molar-refractivity contribution in [3.63, 3.8) is 0 Å². The topological polar surface area (TPSA) is 55.0 Å². The van der Waals surface area contributed by atoms with Crippen molar-refractivity contribution in [3.8, 4) is 11.3 Å². The smallest absolute Gasteiger partial charge is 0.286 e. The summed E-state index contributed by atoms with van der Waals surface area (Å²) in [5.74, 6) is 1.08. The molecule has 1 amide bonds. The molecule has 1 aromatic carbocycles. The Kier molecular flexibility index (Phi) is 5.12. The third-order valence-electron chi connectivity index (χ3n) is 4.31.